The van der Waals surface area contributed by atoms with Gasteiger partial charge in [-0.1, -0.05) is 18.2 Å². The van der Waals surface area contributed by atoms with E-state index in [1.54, 1.807) is 0 Å². The van der Waals surface area contributed by atoms with E-state index in [1.165, 1.54) is 11.1 Å². The third kappa shape index (κ3) is 3.49. The topological polar surface area (TPSA) is 41.6 Å². The number of piperidine rings is 1. The maximum Gasteiger partial charge on any atom is 0.317 e. The van der Waals surface area contributed by atoms with Gasteiger partial charge in [-0.15, -0.1) is 0 Å². The van der Waals surface area contributed by atoms with Crippen LogP contribution in [-0.2, 0) is 0 Å². The van der Waals surface area contributed by atoms with Gasteiger partial charge in [-0.25, -0.2) is 4.79 Å². The molecule has 4 heteroatoms. The fourth-order valence-corrected chi connectivity index (χ4v) is 2.82. The third-order valence-corrected chi connectivity index (χ3v) is 4.33. The van der Waals surface area contributed by atoms with Crippen LogP contribution in [-0.4, -0.2) is 36.2 Å². The lowest BCUT2D eigenvalue weighted by Crippen LogP contribution is -2.47. The average Bonchev–Trinajstić information content (AvgIpc) is 3.28. The Labute approximate surface area is 126 Å². The Morgan fingerprint density at radius 2 is 1.76 bits per heavy atom. The highest BCUT2D eigenvalue weighted by molar-refractivity contribution is 5.74. The van der Waals surface area contributed by atoms with Crippen LogP contribution in [0.5, 0.6) is 5.75 Å². The van der Waals surface area contributed by atoms with Gasteiger partial charge in [0.2, 0.25) is 0 Å². The molecule has 1 saturated heterocycles. The highest BCUT2D eigenvalue weighted by Gasteiger charge is 2.29. The monoisotopic (exact) mass is 288 g/mol. The average molecular weight is 288 g/mol. The molecule has 0 bridgehead atoms. The number of ether oxygens (including phenoxy) is 1. The van der Waals surface area contributed by atoms with Crippen molar-refractivity contribution in [3.63, 3.8) is 0 Å². The summed E-state index contributed by atoms with van der Waals surface area (Å²) in [6, 6.07) is 6.76. The van der Waals surface area contributed by atoms with Gasteiger partial charge in [-0.3, -0.25) is 0 Å². The summed E-state index contributed by atoms with van der Waals surface area (Å²) < 4.78 is 6.18. The van der Waals surface area contributed by atoms with Crippen molar-refractivity contribution in [3.8, 4) is 5.75 Å². The summed E-state index contributed by atoms with van der Waals surface area (Å²) in [5.41, 5.74) is 2.37. The van der Waals surface area contributed by atoms with Crippen molar-refractivity contribution >= 4 is 6.03 Å². The molecule has 1 heterocycles. The minimum Gasteiger partial charge on any atom is -0.490 e. The van der Waals surface area contributed by atoms with E-state index in [1.807, 2.05) is 4.90 Å². The normalized spacial score (nSPS) is 19.4. The zero-order chi connectivity index (χ0) is 14.8. The van der Waals surface area contributed by atoms with Gasteiger partial charge in [0.25, 0.3) is 0 Å². The van der Waals surface area contributed by atoms with Gasteiger partial charge in [0.15, 0.2) is 0 Å². The smallest absolute Gasteiger partial charge is 0.317 e. The second kappa shape index (κ2) is 5.96. The largest absolute Gasteiger partial charge is 0.490 e. The first-order valence-electron chi connectivity index (χ1n) is 7.92. The second-order valence-electron chi connectivity index (χ2n) is 6.25. The lowest BCUT2D eigenvalue weighted by atomic mass is 10.1. The number of nitrogens with zero attached hydrogens (tertiary/aromatic N) is 1. The molecule has 0 aromatic heterocycles. The molecule has 2 aliphatic rings. The molecule has 1 aliphatic heterocycles. The summed E-state index contributed by atoms with van der Waals surface area (Å²) >= 11 is 0. The number of hydrogen-bond acceptors (Lipinski definition) is 2. The molecule has 1 aromatic carbocycles. The van der Waals surface area contributed by atoms with Crippen LogP contribution in [0.1, 0.15) is 36.8 Å². The van der Waals surface area contributed by atoms with Gasteiger partial charge in [0.05, 0.1) is 0 Å². The van der Waals surface area contributed by atoms with Gasteiger partial charge in [-0.05, 0) is 37.8 Å². The number of rotatable bonds is 3. The van der Waals surface area contributed by atoms with Crippen LogP contribution in [0.3, 0.4) is 0 Å². The molecule has 21 heavy (non-hydrogen) atoms. The van der Waals surface area contributed by atoms with Crippen LogP contribution in [0.15, 0.2) is 18.2 Å². The Bertz CT molecular complexity index is 497. The number of nitrogens with one attached hydrogen (secondary N) is 1. The van der Waals surface area contributed by atoms with Gasteiger partial charge in [0, 0.05) is 32.0 Å². The van der Waals surface area contributed by atoms with Gasteiger partial charge < -0.3 is 15.0 Å². The molecular weight excluding hydrogens is 264 g/mol. The lowest BCUT2D eigenvalue weighted by Gasteiger charge is -2.32. The first-order chi connectivity index (χ1) is 10.1. The highest BCUT2D eigenvalue weighted by atomic mass is 16.5. The van der Waals surface area contributed by atoms with E-state index in [2.05, 4.69) is 37.4 Å². The predicted molar refractivity (Wildman–Crippen MR) is 82.7 cm³/mol. The third-order valence-electron chi connectivity index (χ3n) is 4.33. The molecule has 1 N–H and O–H groups in total. The Morgan fingerprint density at radius 1 is 1.14 bits per heavy atom. The number of hydrogen-bond donors (Lipinski definition) is 1. The van der Waals surface area contributed by atoms with Crippen molar-refractivity contribution < 1.29 is 9.53 Å². The number of urea groups is 1. The number of carbonyl (C=O) groups is 1. The molecule has 0 unspecified atom stereocenters. The van der Waals surface area contributed by atoms with E-state index in [4.69, 9.17) is 4.74 Å². The van der Waals surface area contributed by atoms with Crippen molar-refractivity contribution in [2.24, 2.45) is 0 Å². The second-order valence-corrected chi connectivity index (χ2v) is 6.25. The number of carbonyl (C=O) groups excluding carboxylic acids is 1. The molecular formula is C17H24N2O2. The van der Waals surface area contributed by atoms with Crippen LogP contribution < -0.4 is 10.1 Å². The SMILES string of the molecule is Cc1cccc(C)c1OC1CCN(C(=O)NC2CC2)CC1. The van der Waals surface area contributed by atoms with Crippen molar-refractivity contribution in [2.75, 3.05) is 13.1 Å². The summed E-state index contributed by atoms with van der Waals surface area (Å²) in [4.78, 5) is 13.9. The Kier molecular flexibility index (Phi) is 4.04. The standard InChI is InChI=1S/C17H24N2O2/c1-12-4-3-5-13(2)16(12)21-15-8-10-19(11-9-15)17(20)18-14-6-7-14/h3-5,14-15H,6-11H2,1-2H3,(H,18,20). The zero-order valence-corrected chi connectivity index (χ0v) is 12.9. The molecule has 114 valence electrons. The molecule has 4 nitrogen and oxygen atoms in total. The summed E-state index contributed by atoms with van der Waals surface area (Å²) in [5.74, 6) is 1.01. The molecule has 1 saturated carbocycles. The fraction of sp³-hybridized carbons (Fsp3) is 0.588. The van der Waals surface area contributed by atoms with Crippen molar-refractivity contribution in [1.29, 1.82) is 0 Å². The molecule has 1 aliphatic carbocycles. The maximum atomic E-state index is 12.0. The Morgan fingerprint density at radius 3 is 2.33 bits per heavy atom. The number of benzene rings is 1. The summed E-state index contributed by atoms with van der Waals surface area (Å²) in [5, 5.41) is 3.05. The number of amides is 2. The van der Waals surface area contributed by atoms with Crippen LogP contribution >= 0.6 is 0 Å². The van der Waals surface area contributed by atoms with Crippen molar-refractivity contribution in [3.05, 3.63) is 29.3 Å². The van der Waals surface area contributed by atoms with E-state index in [9.17, 15) is 4.79 Å². The van der Waals surface area contributed by atoms with E-state index >= 15 is 0 Å². The van der Waals surface area contributed by atoms with Gasteiger partial charge in [-0.2, -0.15) is 0 Å². The molecule has 1 aromatic rings. The van der Waals surface area contributed by atoms with E-state index < -0.39 is 0 Å². The van der Waals surface area contributed by atoms with Crippen molar-refractivity contribution in [1.82, 2.24) is 10.2 Å². The number of para-hydroxylation sites is 1. The predicted octanol–water partition coefficient (Wildman–Crippen LogP) is 3.02. The van der Waals surface area contributed by atoms with Crippen LogP contribution in [0.4, 0.5) is 4.79 Å². The summed E-state index contributed by atoms with van der Waals surface area (Å²) in [6.45, 7) is 5.74. The van der Waals surface area contributed by atoms with E-state index in [0.29, 0.717) is 6.04 Å². The fourth-order valence-electron chi connectivity index (χ4n) is 2.82. The molecule has 0 radical (unpaired) electrons. The molecule has 0 atom stereocenters. The number of likely N-dealkylation sites (tertiary alicyclic amines) is 1. The molecule has 2 fully saturated rings. The summed E-state index contributed by atoms with van der Waals surface area (Å²) in [7, 11) is 0. The number of aryl methyl sites for hydroxylation is 2. The zero-order valence-electron chi connectivity index (χ0n) is 12.9. The lowest BCUT2D eigenvalue weighted by molar-refractivity contribution is 0.110. The highest BCUT2D eigenvalue weighted by Crippen LogP contribution is 2.26. The van der Waals surface area contributed by atoms with Gasteiger partial charge >= 0.3 is 6.03 Å². The maximum absolute atomic E-state index is 12.0. The van der Waals surface area contributed by atoms with Crippen LogP contribution in [0.25, 0.3) is 0 Å². The Hall–Kier alpha value is -1.71. The minimum atomic E-state index is 0.100. The van der Waals surface area contributed by atoms with E-state index in [0.717, 1.165) is 44.5 Å². The molecule has 0 spiro atoms. The summed E-state index contributed by atoms with van der Waals surface area (Å²) in [6.07, 6.45) is 4.31. The van der Waals surface area contributed by atoms with Crippen LogP contribution in [0, 0.1) is 13.8 Å². The molecule has 2 amide bonds. The van der Waals surface area contributed by atoms with Crippen molar-refractivity contribution in [2.45, 2.75) is 51.7 Å². The van der Waals surface area contributed by atoms with E-state index in [-0.39, 0.29) is 12.1 Å². The quantitative estimate of drug-likeness (QED) is 0.929. The minimum absolute atomic E-state index is 0.100. The first-order valence-corrected chi connectivity index (χ1v) is 7.92. The van der Waals surface area contributed by atoms with Crippen LogP contribution in [0.2, 0.25) is 0 Å². The Balaban J connectivity index is 1.52. The molecule has 3 rings (SSSR count). The first kappa shape index (κ1) is 14.2. The van der Waals surface area contributed by atoms with Gasteiger partial charge in [0.1, 0.15) is 11.9 Å².